The van der Waals surface area contributed by atoms with Crippen LogP contribution >= 0.6 is 0 Å². The number of nitrogen functional groups attached to an aromatic ring is 1. The molecule has 1 aliphatic carbocycles. The molecule has 1 aliphatic rings. The first-order valence-electron chi connectivity index (χ1n) is 8.03. The summed E-state index contributed by atoms with van der Waals surface area (Å²) in [7, 11) is 0. The van der Waals surface area contributed by atoms with E-state index in [1.54, 1.807) is 6.20 Å². The molecule has 2 aromatic rings. The van der Waals surface area contributed by atoms with Crippen LogP contribution in [0.25, 0.3) is 11.3 Å². The molecule has 2 heterocycles. The van der Waals surface area contributed by atoms with Crippen LogP contribution in [0.4, 0.5) is 5.69 Å². The minimum atomic E-state index is 0.516. The van der Waals surface area contributed by atoms with Crippen molar-refractivity contribution in [2.24, 2.45) is 5.92 Å². The molecule has 0 aromatic carbocycles. The highest BCUT2D eigenvalue weighted by Crippen LogP contribution is 2.37. The van der Waals surface area contributed by atoms with Gasteiger partial charge in [0.15, 0.2) is 0 Å². The largest absolute Gasteiger partial charge is 0.398 e. The van der Waals surface area contributed by atoms with Crippen LogP contribution in [0.3, 0.4) is 0 Å². The molecule has 0 amide bonds. The van der Waals surface area contributed by atoms with E-state index in [0.29, 0.717) is 6.04 Å². The van der Waals surface area contributed by atoms with Crippen molar-refractivity contribution < 1.29 is 0 Å². The third-order valence-corrected chi connectivity index (χ3v) is 4.77. The number of imidazole rings is 1. The van der Waals surface area contributed by atoms with E-state index in [-0.39, 0.29) is 0 Å². The minimum Gasteiger partial charge on any atom is -0.398 e. The second-order valence-corrected chi connectivity index (χ2v) is 6.02. The number of hydrogen-bond donors (Lipinski definition) is 1. The van der Waals surface area contributed by atoms with Gasteiger partial charge in [-0.2, -0.15) is 0 Å². The first-order chi connectivity index (χ1) is 10.3. The topological polar surface area (TPSA) is 56.7 Å². The van der Waals surface area contributed by atoms with E-state index in [4.69, 9.17) is 5.73 Å². The van der Waals surface area contributed by atoms with Gasteiger partial charge < -0.3 is 10.3 Å². The summed E-state index contributed by atoms with van der Waals surface area (Å²) in [5.74, 6) is 0.759. The van der Waals surface area contributed by atoms with Crippen molar-refractivity contribution in [2.45, 2.75) is 51.5 Å². The number of nitrogens with two attached hydrogens (primary N) is 1. The molecule has 0 bridgehead atoms. The van der Waals surface area contributed by atoms with E-state index < -0.39 is 0 Å². The van der Waals surface area contributed by atoms with Crippen molar-refractivity contribution in [1.82, 2.24) is 14.5 Å². The monoisotopic (exact) mass is 284 g/mol. The Hall–Kier alpha value is -1.84. The summed E-state index contributed by atoms with van der Waals surface area (Å²) in [6.07, 6.45) is 15.4. The van der Waals surface area contributed by atoms with E-state index in [0.717, 1.165) is 29.3 Å². The molecule has 2 N–H and O–H groups in total. The molecule has 21 heavy (non-hydrogen) atoms. The Morgan fingerprint density at radius 2 is 2.05 bits per heavy atom. The molecular formula is C17H24N4. The normalized spacial score (nSPS) is 17.8. The maximum Gasteiger partial charge on any atom is 0.0953 e. The standard InChI is InChI=1S/C17H24N4/c1-2-16(13-6-4-3-5-7-13)21-12-20-11-17(21)14-10-19-9-8-15(14)18/h8-13,16H,2-7H2,1H3,(H2,18,19). The molecule has 3 rings (SSSR count). The van der Waals surface area contributed by atoms with Crippen LogP contribution in [0.5, 0.6) is 0 Å². The third-order valence-electron chi connectivity index (χ3n) is 4.77. The van der Waals surface area contributed by atoms with Gasteiger partial charge in [0.2, 0.25) is 0 Å². The number of nitrogens with zero attached hydrogens (tertiary/aromatic N) is 3. The second-order valence-electron chi connectivity index (χ2n) is 6.02. The van der Waals surface area contributed by atoms with Crippen LogP contribution in [0.15, 0.2) is 31.0 Å². The smallest absolute Gasteiger partial charge is 0.0953 e. The van der Waals surface area contributed by atoms with E-state index in [1.807, 2.05) is 24.8 Å². The molecule has 0 radical (unpaired) electrons. The molecule has 1 atom stereocenters. The van der Waals surface area contributed by atoms with Gasteiger partial charge in [-0.3, -0.25) is 4.98 Å². The van der Waals surface area contributed by atoms with E-state index in [1.165, 1.54) is 32.1 Å². The summed E-state index contributed by atoms with van der Waals surface area (Å²) in [6.45, 7) is 2.27. The van der Waals surface area contributed by atoms with Crippen molar-refractivity contribution in [3.05, 3.63) is 31.0 Å². The SMILES string of the molecule is CCC(C1CCCCC1)n1cncc1-c1cnccc1N. The average Bonchev–Trinajstić information content (AvgIpc) is 2.99. The van der Waals surface area contributed by atoms with Gasteiger partial charge in [-0.25, -0.2) is 4.98 Å². The molecule has 0 saturated heterocycles. The summed E-state index contributed by atoms with van der Waals surface area (Å²) in [6, 6.07) is 2.37. The predicted molar refractivity (Wildman–Crippen MR) is 85.8 cm³/mol. The maximum atomic E-state index is 6.12. The lowest BCUT2D eigenvalue weighted by atomic mass is 9.82. The van der Waals surface area contributed by atoms with Crippen LogP contribution in [-0.4, -0.2) is 14.5 Å². The summed E-state index contributed by atoms with van der Waals surface area (Å²) in [5, 5.41) is 0. The zero-order valence-electron chi connectivity index (χ0n) is 12.7. The molecular weight excluding hydrogens is 260 g/mol. The lowest BCUT2D eigenvalue weighted by Crippen LogP contribution is -2.21. The first-order valence-corrected chi connectivity index (χ1v) is 8.03. The molecule has 112 valence electrons. The first kappa shape index (κ1) is 14.1. The van der Waals surface area contributed by atoms with Crippen molar-refractivity contribution in [3.63, 3.8) is 0 Å². The van der Waals surface area contributed by atoms with Crippen LogP contribution < -0.4 is 5.73 Å². The molecule has 1 saturated carbocycles. The minimum absolute atomic E-state index is 0.516. The van der Waals surface area contributed by atoms with Crippen LogP contribution in [0, 0.1) is 5.92 Å². The molecule has 4 heteroatoms. The van der Waals surface area contributed by atoms with Crippen molar-refractivity contribution in [1.29, 1.82) is 0 Å². The van der Waals surface area contributed by atoms with Gasteiger partial charge in [0, 0.05) is 29.7 Å². The van der Waals surface area contributed by atoms with Gasteiger partial charge in [0.25, 0.3) is 0 Å². The van der Waals surface area contributed by atoms with Gasteiger partial charge in [0.1, 0.15) is 0 Å². The molecule has 0 aliphatic heterocycles. The number of aromatic nitrogens is 3. The Labute approximate surface area is 126 Å². The Morgan fingerprint density at radius 3 is 2.76 bits per heavy atom. The highest BCUT2D eigenvalue weighted by Gasteiger charge is 2.25. The van der Waals surface area contributed by atoms with Gasteiger partial charge in [-0.15, -0.1) is 0 Å². The van der Waals surface area contributed by atoms with Crippen LogP contribution in [0.2, 0.25) is 0 Å². The molecule has 4 nitrogen and oxygen atoms in total. The second kappa shape index (κ2) is 6.29. The average molecular weight is 284 g/mol. The zero-order chi connectivity index (χ0) is 14.7. The fraction of sp³-hybridized carbons (Fsp3) is 0.529. The van der Waals surface area contributed by atoms with E-state index in [2.05, 4.69) is 21.5 Å². The highest BCUT2D eigenvalue weighted by atomic mass is 15.1. The van der Waals surface area contributed by atoms with Crippen LogP contribution in [0.1, 0.15) is 51.5 Å². The molecule has 0 spiro atoms. The lowest BCUT2D eigenvalue weighted by Gasteiger charge is -2.31. The van der Waals surface area contributed by atoms with Gasteiger partial charge in [0.05, 0.1) is 18.2 Å². The van der Waals surface area contributed by atoms with Crippen molar-refractivity contribution >= 4 is 5.69 Å². The molecule has 2 aromatic heterocycles. The number of rotatable bonds is 4. The van der Waals surface area contributed by atoms with Crippen molar-refractivity contribution in [2.75, 3.05) is 5.73 Å². The number of anilines is 1. The summed E-state index contributed by atoms with van der Waals surface area (Å²) < 4.78 is 2.32. The quantitative estimate of drug-likeness (QED) is 0.921. The fourth-order valence-electron chi connectivity index (χ4n) is 3.67. The fourth-order valence-corrected chi connectivity index (χ4v) is 3.67. The molecule has 1 unspecified atom stereocenters. The summed E-state index contributed by atoms with van der Waals surface area (Å²) in [4.78, 5) is 8.60. The summed E-state index contributed by atoms with van der Waals surface area (Å²) in [5.41, 5.74) is 8.97. The molecule has 1 fully saturated rings. The Balaban J connectivity index is 1.95. The van der Waals surface area contributed by atoms with E-state index >= 15 is 0 Å². The highest BCUT2D eigenvalue weighted by molar-refractivity contribution is 5.72. The number of hydrogen-bond acceptors (Lipinski definition) is 3. The van der Waals surface area contributed by atoms with Crippen LogP contribution in [-0.2, 0) is 0 Å². The van der Waals surface area contributed by atoms with Gasteiger partial charge >= 0.3 is 0 Å². The Morgan fingerprint density at radius 1 is 1.24 bits per heavy atom. The predicted octanol–water partition coefficient (Wildman–Crippen LogP) is 4.06. The zero-order valence-corrected chi connectivity index (χ0v) is 12.7. The van der Waals surface area contributed by atoms with Gasteiger partial charge in [-0.1, -0.05) is 26.2 Å². The third kappa shape index (κ3) is 2.80. The lowest BCUT2D eigenvalue weighted by molar-refractivity contribution is 0.244. The number of pyridine rings is 1. The summed E-state index contributed by atoms with van der Waals surface area (Å²) >= 11 is 0. The Bertz CT molecular complexity index is 584. The van der Waals surface area contributed by atoms with E-state index in [9.17, 15) is 0 Å². The van der Waals surface area contributed by atoms with Crippen molar-refractivity contribution in [3.8, 4) is 11.3 Å². The Kier molecular flexibility index (Phi) is 4.23. The maximum absolute atomic E-state index is 6.12. The van der Waals surface area contributed by atoms with Gasteiger partial charge in [-0.05, 0) is 31.2 Å².